The Morgan fingerprint density at radius 2 is 2.50 bits per heavy atom. The molecule has 0 spiro atoms. The molecular weight excluding hydrogens is 156 g/mol. The van der Waals surface area contributed by atoms with Crippen LogP contribution in [0.3, 0.4) is 0 Å². The fourth-order valence-corrected chi connectivity index (χ4v) is 0.980. The van der Waals surface area contributed by atoms with Crippen LogP contribution in [-0.4, -0.2) is 9.97 Å². The molecule has 1 aromatic heterocycles. The molecule has 0 aliphatic carbocycles. The van der Waals surface area contributed by atoms with Gasteiger partial charge in [-0.15, -0.1) is 0 Å². The fourth-order valence-electron chi connectivity index (χ4n) is 0.980. The summed E-state index contributed by atoms with van der Waals surface area (Å²) in [6, 6.07) is 1.48. The highest BCUT2D eigenvalue weighted by molar-refractivity contribution is 5.22. The van der Waals surface area contributed by atoms with Gasteiger partial charge in [0, 0.05) is 11.8 Å². The highest BCUT2D eigenvalue weighted by Gasteiger charge is 1.97. The molecule has 0 aromatic carbocycles. The van der Waals surface area contributed by atoms with Crippen LogP contribution in [0.25, 0.3) is 0 Å². The van der Waals surface area contributed by atoms with Crippen LogP contribution in [0.2, 0.25) is 0 Å². The second kappa shape index (κ2) is 3.87. The number of rotatable bonds is 3. The van der Waals surface area contributed by atoms with Crippen LogP contribution in [-0.2, 0) is 6.42 Å². The van der Waals surface area contributed by atoms with Gasteiger partial charge in [0.25, 0.3) is 5.56 Å². The van der Waals surface area contributed by atoms with Crippen molar-refractivity contribution in [3.05, 3.63) is 22.1 Å². The second-order valence-electron chi connectivity index (χ2n) is 2.49. The zero-order valence-corrected chi connectivity index (χ0v) is 6.92. The van der Waals surface area contributed by atoms with E-state index in [2.05, 4.69) is 15.4 Å². The van der Waals surface area contributed by atoms with Crippen LogP contribution in [0, 0.1) is 0 Å². The van der Waals surface area contributed by atoms with E-state index < -0.39 is 0 Å². The maximum atomic E-state index is 10.9. The number of hydrogen-bond acceptors (Lipinski definition) is 4. The molecule has 0 amide bonds. The summed E-state index contributed by atoms with van der Waals surface area (Å²) in [5, 5.41) is 0. The third-order valence-corrected chi connectivity index (χ3v) is 1.45. The van der Waals surface area contributed by atoms with E-state index in [1.54, 1.807) is 0 Å². The Morgan fingerprint density at radius 3 is 3.08 bits per heavy atom. The summed E-state index contributed by atoms with van der Waals surface area (Å²) in [6.07, 6.45) is 1.80. The van der Waals surface area contributed by atoms with Crippen molar-refractivity contribution in [2.75, 3.05) is 5.43 Å². The highest BCUT2D eigenvalue weighted by Crippen LogP contribution is 1.98. The van der Waals surface area contributed by atoms with E-state index in [4.69, 9.17) is 5.84 Å². The normalized spacial score (nSPS) is 9.83. The Hall–Kier alpha value is -1.36. The Morgan fingerprint density at radius 1 is 1.75 bits per heavy atom. The molecule has 5 nitrogen and oxygen atoms in total. The molecule has 0 aliphatic rings. The maximum absolute atomic E-state index is 10.9. The molecule has 1 rings (SSSR count). The number of nitrogen functional groups attached to an aromatic ring is 1. The summed E-state index contributed by atoms with van der Waals surface area (Å²) < 4.78 is 0. The van der Waals surface area contributed by atoms with Gasteiger partial charge in [-0.05, 0) is 6.42 Å². The van der Waals surface area contributed by atoms with Gasteiger partial charge in [0.05, 0.1) is 0 Å². The lowest BCUT2D eigenvalue weighted by atomic mass is 10.2. The lowest BCUT2D eigenvalue weighted by molar-refractivity contribution is 0.867. The van der Waals surface area contributed by atoms with Gasteiger partial charge in [-0.1, -0.05) is 13.3 Å². The number of anilines is 1. The lowest BCUT2D eigenvalue weighted by Gasteiger charge is -2.01. The minimum absolute atomic E-state index is 0.273. The zero-order valence-electron chi connectivity index (χ0n) is 6.92. The Balaban J connectivity index is 2.98. The summed E-state index contributed by atoms with van der Waals surface area (Å²) in [4.78, 5) is 17.4. The molecular formula is C7H12N4O. The number of nitrogens with zero attached hydrogens (tertiary/aromatic N) is 1. The van der Waals surface area contributed by atoms with Crippen LogP contribution in [0.15, 0.2) is 10.9 Å². The lowest BCUT2D eigenvalue weighted by Crippen LogP contribution is -2.17. The van der Waals surface area contributed by atoms with Crippen molar-refractivity contribution in [1.29, 1.82) is 0 Å². The standard InChI is InChI=1S/C7H12N4O/c1-2-3-5-4-6(12)10-7(9-5)11-8/h4H,2-3,8H2,1H3,(H2,9,10,11,12). The van der Waals surface area contributed by atoms with Crippen LogP contribution in [0.4, 0.5) is 5.95 Å². The Kier molecular flexibility index (Phi) is 2.82. The Labute approximate surface area is 70.0 Å². The van der Waals surface area contributed by atoms with E-state index in [0.717, 1.165) is 18.5 Å². The molecule has 0 saturated carbocycles. The average molecular weight is 168 g/mol. The van der Waals surface area contributed by atoms with Crippen LogP contribution >= 0.6 is 0 Å². The molecule has 0 unspecified atom stereocenters. The van der Waals surface area contributed by atoms with Crippen LogP contribution in [0.5, 0.6) is 0 Å². The van der Waals surface area contributed by atoms with Gasteiger partial charge < -0.3 is 4.98 Å². The van der Waals surface area contributed by atoms with Crippen LogP contribution in [0.1, 0.15) is 19.0 Å². The fraction of sp³-hybridized carbons (Fsp3) is 0.429. The molecule has 0 saturated heterocycles. The average Bonchev–Trinajstić information content (AvgIpc) is 2.04. The van der Waals surface area contributed by atoms with Crippen molar-refractivity contribution in [3.8, 4) is 0 Å². The Bertz CT molecular complexity index is 307. The molecule has 1 aromatic rings. The van der Waals surface area contributed by atoms with Gasteiger partial charge in [-0.25, -0.2) is 5.84 Å². The number of aryl methyl sites for hydroxylation is 1. The number of hydrazine groups is 1. The molecule has 0 atom stereocenters. The second-order valence-corrected chi connectivity index (χ2v) is 2.49. The van der Waals surface area contributed by atoms with Crippen molar-refractivity contribution in [1.82, 2.24) is 9.97 Å². The summed E-state index contributed by atoms with van der Waals surface area (Å²) in [7, 11) is 0. The molecule has 0 bridgehead atoms. The molecule has 0 aliphatic heterocycles. The molecule has 4 N–H and O–H groups in total. The maximum Gasteiger partial charge on any atom is 0.274 e. The first-order valence-electron chi connectivity index (χ1n) is 3.83. The summed E-state index contributed by atoms with van der Waals surface area (Å²) in [5.74, 6) is 5.41. The topological polar surface area (TPSA) is 83.8 Å². The van der Waals surface area contributed by atoms with Gasteiger partial charge in [-0.3, -0.25) is 10.2 Å². The predicted molar refractivity (Wildman–Crippen MR) is 46.7 cm³/mol. The largest absolute Gasteiger partial charge is 0.328 e. The number of hydrogen-bond donors (Lipinski definition) is 3. The monoisotopic (exact) mass is 168 g/mol. The summed E-state index contributed by atoms with van der Waals surface area (Å²) in [5.41, 5.74) is 2.88. The molecule has 0 radical (unpaired) electrons. The first-order valence-corrected chi connectivity index (χ1v) is 3.83. The van der Waals surface area contributed by atoms with Gasteiger partial charge in [0.15, 0.2) is 0 Å². The highest BCUT2D eigenvalue weighted by atomic mass is 16.1. The van der Waals surface area contributed by atoms with Gasteiger partial charge >= 0.3 is 0 Å². The first kappa shape index (κ1) is 8.73. The molecule has 5 heteroatoms. The number of nitrogens with one attached hydrogen (secondary N) is 2. The van der Waals surface area contributed by atoms with Gasteiger partial charge in [-0.2, -0.15) is 4.98 Å². The van der Waals surface area contributed by atoms with E-state index in [1.807, 2.05) is 6.92 Å². The quantitative estimate of drug-likeness (QED) is 0.438. The summed E-state index contributed by atoms with van der Waals surface area (Å²) >= 11 is 0. The number of aromatic nitrogens is 2. The third-order valence-electron chi connectivity index (χ3n) is 1.45. The van der Waals surface area contributed by atoms with Gasteiger partial charge in [0.2, 0.25) is 5.95 Å². The van der Waals surface area contributed by atoms with E-state index >= 15 is 0 Å². The molecule has 66 valence electrons. The van der Waals surface area contributed by atoms with Crippen molar-refractivity contribution in [2.24, 2.45) is 5.84 Å². The first-order chi connectivity index (χ1) is 5.76. The van der Waals surface area contributed by atoms with Crippen molar-refractivity contribution < 1.29 is 0 Å². The minimum Gasteiger partial charge on any atom is -0.328 e. The molecule has 0 fully saturated rings. The minimum atomic E-state index is -0.273. The zero-order chi connectivity index (χ0) is 8.97. The number of H-pyrrole nitrogens is 1. The third kappa shape index (κ3) is 2.06. The number of aromatic amines is 1. The summed E-state index contributed by atoms with van der Waals surface area (Å²) in [6.45, 7) is 2.04. The van der Waals surface area contributed by atoms with E-state index in [0.29, 0.717) is 5.95 Å². The van der Waals surface area contributed by atoms with Gasteiger partial charge in [0.1, 0.15) is 0 Å². The van der Waals surface area contributed by atoms with Crippen LogP contribution < -0.4 is 16.8 Å². The smallest absolute Gasteiger partial charge is 0.274 e. The molecule has 1 heterocycles. The number of nitrogens with two attached hydrogens (primary N) is 1. The van der Waals surface area contributed by atoms with E-state index in [-0.39, 0.29) is 5.56 Å². The predicted octanol–water partition coefficient (Wildman–Crippen LogP) is 0.00800. The van der Waals surface area contributed by atoms with Crippen molar-refractivity contribution in [2.45, 2.75) is 19.8 Å². The van der Waals surface area contributed by atoms with E-state index in [1.165, 1.54) is 6.07 Å². The van der Waals surface area contributed by atoms with Crippen molar-refractivity contribution >= 4 is 5.95 Å². The molecule has 12 heavy (non-hydrogen) atoms. The SMILES string of the molecule is CCCc1cc(=O)nc(NN)[nH]1. The van der Waals surface area contributed by atoms with Crippen molar-refractivity contribution in [3.63, 3.8) is 0 Å². The van der Waals surface area contributed by atoms with E-state index in [9.17, 15) is 4.79 Å².